The Morgan fingerprint density at radius 2 is 1.73 bits per heavy atom. The average Bonchev–Trinajstić information content (AvgIpc) is 3.28. The third-order valence-electron chi connectivity index (χ3n) is 5.88. The van der Waals surface area contributed by atoms with Gasteiger partial charge < -0.3 is 10.6 Å². The first-order chi connectivity index (χ1) is 15.7. The first-order valence-electron chi connectivity index (χ1n) is 10.6. The summed E-state index contributed by atoms with van der Waals surface area (Å²) in [6.45, 7) is 0.549. The van der Waals surface area contributed by atoms with Crippen molar-refractivity contribution in [1.82, 2.24) is 9.97 Å². The third-order valence-corrected chi connectivity index (χ3v) is 5.88. The summed E-state index contributed by atoms with van der Waals surface area (Å²) in [5.74, 6) is -0.877. The highest BCUT2D eigenvalue weighted by Gasteiger charge is 2.33. The molecule has 1 saturated heterocycles. The second-order valence-corrected chi connectivity index (χ2v) is 7.99. The number of primary amides is 1. The second-order valence-electron chi connectivity index (χ2n) is 7.99. The Balaban J connectivity index is 1.51. The number of amides is 1. The van der Waals surface area contributed by atoms with Crippen molar-refractivity contribution in [2.24, 2.45) is 5.73 Å². The van der Waals surface area contributed by atoms with E-state index < -0.39 is 23.5 Å². The van der Waals surface area contributed by atoms with Crippen LogP contribution in [0.15, 0.2) is 54.9 Å². The second kappa shape index (κ2) is 9.17. The lowest BCUT2D eigenvalue weighted by Gasteiger charge is -2.27. The van der Waals surface area contributed by atoms with Crippen molar-refractivity contribution in [2.45, 2.75) is 37.9 Å². The molecule has 0 bridgehead atoms. The Bertz CT molecular complexity index is 1130. The van der Waals surface area contributed by atoms with Crippen LogP contribution in [0, 0.1) is 5.82 Å². The molecule has 1 atom stereocenters. The fourth-order valence-electron chi connectivity index (χ4n) is 4.13. The molecule has 9 heteroatoms. The van der Waals surface area contributed by atoms with Crippen LogP contribution in [0.1, 0.15) is 51.6 Å². The van der Waals surface area contributed by atoms with Crippen LogP contribution >= 0.6 is 0 Å². The van der Waals surface area contributed by atoms with E-state index in [4.69, 9.17) is 5.73 Å². The zero-order chi connectivity index (χ0) is 23.6. The number of anilines is 1. The highest BCUT2D eigenvalue weighted by Crippen LogP contribution is 2.38. The molecule has 1 amide bonds. The lowest BCUT2D eigenvalue weighted by Crippen LogP contribution is -2.25. The number of nitrogens with two attached hydrogens (primary N) is 1. The van der Waals surface area contributed by atoms with E-state index in [9.17, 15) is 18.0 Å². The van der Waals surface area contributed by atoms with Gasteiger partial charge in [0.25, 0.3) is 0 Å². The molecule has 4 rings (SSSR count). The van der Waals surface area contributed by atoms with Gasteiger partial charge in [-0.15, -0.1) is 0 Å². The van der Waals surface area contributed by atoms with Crippen molar-refractivity contribution in [1.29, 1.82) is 0 Å². The number of aromatic nitrogens is 2. The molecule has 0 saturated carbocycles. The van der Waals surface area contributed by atoms with Crippen molar-refractivity contribution >= 4 is 11.7 Å². The van der Waals surface area contributed by atoms with Gasteiger partial charge in [-0.25, -0.2) is 14.4 Å². The minimum atomic E-state index is -4.40. The van der Waals surface area contributed by atoms with Crippen LogP contribution in [0.2, 0.25) is 0 Å². The first kappa shape index (κ1) is 22.7. The number of rotatable bonds is 6. The maximum atomic E-state index is 15.3. The standard InChI is InChI=1S/C24H22F4N4O/c25-21-19(12-5-15-3-6-17(7-4-15)22(29)33)30-14-31-23(21)32-13-1-2-20(32)16-8-10-18(11-9-16)24(26,27)28/h3-4,6-11,14,20H,1-2,5,12-13H2,(H2,29,33)/t20-/m1/s1. The molecule has 1 fully saturated rings. The van der Waals surface area contributed by atoms with Gasteiger partial charge >= 0.3 is 6.18 Å². The van der Waals surface area contributed by atoms with Crippen molar-refractivity contribution in [2.75, 3.05) is 11.4 Å². The minimum absolute atomic E-state index is 0.159. The molecule has 0 aliphatic carbocycles. The SMILES string of the molecule is NC(=O)c1ccc(CCc2ncnc(N3CCC[C@@H]3c3ccc(C(F)(F)F)cc3)c2F)cc1. The summed E-state index contributed by atoms with van der Waals surface area (Å²) in [6.07, 6.45) is -0.786. The number of alkyl halides is 3. The zero-order valence-electron chi connectivity index (χ0n) is 17.6. The molecule has 1 aromatic heterocycles. The molecule has 3 aromatic rings. The highest BCUT2D eigenvalue weighted by molar-refractivity contribution is 5.92. The number of halogens is 4. The Kier molecular flexibility index (Phi) is 6.31. The van der Waals surface area contributed by atoms with E-state index in [1.807, 2.05) is 0 Å². The average molecular weight is 458 g/mol. The fraction of sp³-hybridized carbons (Fsp3) is 0.292. The molecule has 172 valence electrons. The lowest BCUT2D eigenvalue weighted by molar-refractivity contribution is -0.137. The predicted octanol–water partition coefficient (Wildman–Crippen LogP) is 4.86. The van der Waals surface area contributed by atoms with E-state index in [0.717, 1.165) is 24.1 Å². The Morgan fingerprint density at radius 1 is 1.03 bits per heavy atom. The van der Waals surface area contributed by atoms with E-state index in [1.54, 1.807) is 29.2 Å². The minimum Gasteiger partial charge on any atom is -0.366 e. The van der Waals surface area contributed by atoms with Gasteiger partial charge in [-0.1, -0.05) is 24.3 Å². The molecule has 2 N–H and O–H groups in total. The topological polar surface area (TPSA) is 72.1 Å². The maximum absolute atomic E-state index is 15.3. The molecular weight excluding hydrogens is 436 g/mol. The quantitative estimate of drug-likeness (QED) is 0.536. The molecule has 0 spiro atoms. The van der Waals surface area contributed by atoms with E-state index >= 15 is 4.39 Å². The monoisotopic (exact) mass is 458 g/mol. The Morgan fingerprint density at radius 3 is 2.36 bits per heavy atom. The van der Waals surface area contributed by atoms with Gasteiger partial charge in [-0.05, 0) is 61.1 Å². The largest absolute Gasteiger partial charge is 0.416 e. The summed E-state index contributed by atoms with van der Waals surface area (Å²) in [4.78, 5) is 21.2. The number of carbonyl (C=O) groups excluding carboxylic acids is 1. The number of benzene rings is 2. The van der Waals surface area contributed by atoms with Gasteiger partial charge in [-0.3, -0.25) is 4.79 Å². The molecule has 2 heterocycles. The molecule has 5 nitrogen and oxygen atoms in total. The van der Waals surface area contributed by atoms with Crippen LogP contribution in [-0.4, -0.2) is 22.4 Å². The molecular formula is C24H22F4N4O. The number of carbonyl (C=O) groups is 1. The van der Waals surface area contributed by atoms with Gasteiger partial charge in [0.2, 0.25) is 5.91 Å². The summed E-state index contributed by atoms with van der Waals surface area (Å²) in [5, 5.41) is 0. The summed E-state index contributed by atoms with van der Waals surface area (Å²) < 4.78 is 54.0. The van der Waals surface area contributed by atoms with Crippen molar-refractivity contribution in [3.63, 3.8) is 0 Å². The van der Waals surface area contributed by atoms with Crippen LogP contribution in [0.3, 0.4) is 0 Å². The number of aryl methyl sites for hydroxylation is 2. The van der Waals surface area contributed by atoms with Crippen LogP contribution in [-0.2, 0) is 19.0 Å². The predicted molar refractivity (Wildman–Crippen MR) is 115 cm³/mol. The maximum Gasteiger partial charge on any atom is 0.416 e. The summed E-state index contributed by atoms with van der Waals surface area (Å²) in [5.41, 5.74) is 6.79. The van der Waals surface area contributed by atoms with Crippen molar-refractivity contribution in [3.8, 4) is 0 Å². The first-order valence-corrected chi connectivity index (χ1v) is 10.6. The third kappa shape index (κ3) is 4.97. The summed E-state index contributed by atoms with van der Waals surface area (Å²) in [6, 6.07) is 11.5. The molecule has 0 radical (unpaired) electrons. The Labute approximate surface area is 188 Å². The molecule has 0 unspecified atom stereocenters. The van der Waals surface area contributed by atoms with Gasteiger partial charge in [0, 0.05) is 12.1 Å². The van der Waals surface area contributed by atoms with Crippen LogP contribution < -0.4 is 10.6 Å². The Hall–Kier alpha value is -3.49. The smallest absolute Gasteiger partial charge is 0.366 e. The van der Waals surface area contributed by atoms with Crippen molar-refractivity contribution in [3.05, 3.63) is 88.6 Å². The van der Waals surface area contributed by atoms with Gasteiger partial charge in [0.05, 0.1) is 17.3 Å². The fourth-order valence-corrected chi connectivity index (χ4v) is 4.13. The number of nitrogens with zero attached hydrogens (tertiary/aromatic N) is 3. The van der Waals surface area contributed by atoms with Gasteiger partial charge in [0.15, 0.2) is 11.6 Å². The van der Waals surface area contributed by atoms with Crippen LogP contribution in [0.5, 0.6) is 0 Å². The van der Waals surface area contributed by atoms with E-state index in [-0.39, 0.29) is 17.6 Å². The number of hydrogen-bond donors (Lipinski definition) is 1. The zero-order valence-corrected chi connectivity index (χ0v) is 17.6. The molecule has 2 aromatic carbocycles. The molecule has 1 aliphatic heterocycles. The summed E-state index contributed by atoms with van der Waals surface area (Å²) in [7, 11) is 0. The van der Waals surface area contributed by atoms with Gasteiger partial charge in [0.1, 0.15) is 6.33 Å². The normalized spacial score (nSPS) is 16.2. The van der Waals surface area contributed by atoms with E-state index in [0.29, 0.717) is 36.9 Å². The number of hydrogen-bond acceptors (Lipinski definition) is 4. The van der Waals surface area contributed by atoms with Gasteiger partial charge in [-0.2, -0.15) is 13.2 Å². The van der Waals surface area contributed by atoms with Crippen molar-refractivity contribution < 1.29 is 22.4 Å². The van der Waals surface area contributed by atoms with E-state index in [1.165, 1.54) is 18.5 Å². The highest BCUT2D eigenvalue weighted by atomic mass is 19.4. The lowest BCUT2D eigenvalue weighted by atomic mass is 10.0. The summed E-state index contributed by atoms with van der Waals surface area (Å²) >= 11 is 0. The van der Waals surface area contributed by atoms with Crippen LogP contribution in [0.4, 0.5) is 23.4 Å². The van der Waals surface area contributed by atoms with Crippen LogP contribution in [0.25, 0.3) is 0 Å². The molecule has 33 heavy (non-hydrogen) atoms. The molecule has 1 aliphatic rings. The van der Waals surface area contributed by atoms with E-state index in [2.05, 4.69) is 9.97 Å².